The Kier molecular flexibility index (Phi) is 3.67. The van der Waals surface area contributed by atoms with Gasteiger partial charge in [0.1, 0.15) is 11.4 Å². The number of aromatic nitrogens is 2. The van der Waals surface area contributed by atoms with Crippen molar-refractivity contribution in [1.29, 1.82) is 0 Å². The van der Waals surface area contributed by atoms with Gasteiger partial charge in [-0.3, -0.25) is 4.79 Å². The van der Waals surface area contributed by atoms with Gasteiger partial charge in [0, 0.05) is 24.2 Å². The number of methoxy groups -OCH3 is 1. The lowest BCUT2D eigenvalue weighted by Gasteiger charge is -2.30. The number of aromatic amines is 1. The van der Waals surface area contributed by atoms with Gasteiger partial charge < -0.3 is 9.72 Å². The third-order valence-corrected chi connectivity index (χ3v) is 5.29. The highest BCUT2D eigenvalue weighted by Crippen LogP contribution is 2.37. The average Bonchev–Trinajstić information content (AvgIpc) is 2.76. The van der Waals surface area contributed by atoms with E-state index in [4.69, 9.17) is 9.72 Å². The summed E-state index contributed by atoms with van der Waals surface area (Å²) in [6, 6.07) is 0. The zero-order valence-corrected chi connectivity index (χ0v) is 12.1. The van der Waals surface area contributed by atoms with E-state index in [2.05, 4.69) is 4.98 Å². The van der Waals surface area contributed by atoms with Gasteiger partial charge in [-0.1, -0.05) is 25.7 Å². The lowest BCUT2D eigenvalue weighted by molar-refractivity contribution is -0.0354. The number of rotatable bonds is 2. The predicted molar refractivity (Wildman–Crippen MR) is 76.2 cm³/mol. The van der Waals surface area contributed by atoms with Crippen LogP contribution in [0.3, 0.4) is 0 Å². The molecule has 0 unspecified atom stereocenters. The first-order chi connectivity index (χ1) is 9.25. The Labute approximate surface area is 117 Å². The van der Waals surface area contributed by atoms with Crippen molar-refractivity contribution in [2.75, 3.05) is 7.11 Å². The number of H-pyrrole nitrogens is 1. The molecule has 4 nitrogen and oxygen atoms in total. The van der Waals surface area contributed by atoms with Crippen molar-refractivity contribution in [3.63, 3.8) is 0 Å². The molecule has 1 aromatic heterocycles. The minimum Gasteiger partial charge on any atom is -0.370 e. The molecule has 0 radical (unpaired) electrons. The van der Waals surface area contributed by atoms with Crippen molar-refractivity contribution in [3.8, 4) is 0 Å². The highest BCUT2D eigenvalue weighted by atomic mass is 32.2. The van der Waals surface area contributed by atoms with Crippen LogP contribution >= 0.6 is 11.8 Å². The molecule has 2 aliphatic rings. The Bertz CT molecular complexity index is 519. The smallest absolute Gasteiger partial charge is 0.255 e. The fourth-order valence-corrected chi connectivity index (χ4v) is 4.15. The van der Waals surface area contributed by atoms with Gasteiger partial charge in [-0.25, -0.2) is 4.98 Å². The lowest BCUT2D eigenvalue weighted by Crippen LogP contribution is -2.33. The van der Waals surface area contributed by atoms with E-state index < -0.39 is 0 Å². The molecule has 104 valence electrons. The maximum absolute atomic E-state index is 12.2. The number of fused-ring (bicyclic) bond motifs is 1. The van der Waals surface area contributed by atoms with Crippen LogP contribution in [0.1, 0.15) is 55.6 Å². The molecule has 0 saturated heterocycles. The molecular weight excluding hydrogens is 260 g/mol. The van der Waals surface area contributed by atoms with Gasteiger partial charge in [0.05, 0.1) is 5.69 Å². The minimum atomic E-state index is -0.377. The molecule has 1 aliphatic carbocycles. The topological polar surface area (TPSA) is 55.0 Å². The molecule has 0 amide bonds. The summed E-state index contributed by atoms with van der Waals surface area (Å²) >= 11 is 1.76. The quantitative estimate of drug-likeness (QED) is 0.846. The second-order valence-electron chi connectivity index (χ2n) is 5.45. The predicted octanol–water partition coefficient (Wildman–Crippen LogP) is 2.71. The van der Waals surface area contributed by atoms with Crippen LogP contribution in [0.25, 0.3) is 0 Å². The Hall–Kier alpha value is -0.810. The van der Waals surface area contributed by atoms with E-state index in [-0.39, 0.29) is 11.2 Å². The van der Waals surface area contributed by atoms with Crippen molar-refractivity contribution < 1.29 is 4.74 Å². The lowest BCUT2D eigenvalue weighted by atomic mass is 9.93. The molecular formula is C14H20N2O2S. The number of hydrogen-bond donors (Lipinski definition) is 1. The van der Waals surface area contributed by atoms with Crippen LogP contribution in [0.2, 0.25) is 0 Å². The van der Waals surface area contributed by atoms with E-state index in [9.17, 15) is 4.79 Å². The van der Waals surface area contributed by atoms with Crippen LogP contribution in [0.5, 0.6) is 0 Å². The Morgan fingerprint density at radius 2 is 1.95 bits per heavy atom. The summed E-state index contributed by atoms with van der Waals surface area (Å²) < 4.78 is 5.82. The van der Waals surface area contributed by atoms with Crippen LogP contribution in [-0.4, -0.2) is 17.1 Å². The molecule has 1 saturated carbocycles. The normalized spacial score (nSPS) is 21.9. The van der Waals surface area contributed by atoms with Crippen molar-refractivity contribution in [1.82, 2.24) is 9.97 Å². The molecule has 2 heterocycles. The molecule has 0 atom stereocenters. The first-order valence-corrected chi connectivity index (χ1v) is 8.16. The summed E-state index contributed by atoms with van der Waals surface area (Å²) in [6.07, 6.45) is 6.69. The number of thioether (sulfide) groups is 1. The van der Waals surface area contributed by atoms with Crippen LogP contribution in [0.15, 0.2) is 4.79 Å². The first-order valence-electron chi connectivity index (χ1n) is 7.01. The molecule has 5 heteroatoms. The Morgan fingerprint density at radius 1 is 1.21 bits per heavy atom. The van der Waals surface area contributed by atoms with Crippen molar-refractivity contribution in [2.24, 2.45) is 0 Å². The molecule has 19 heavy (non-hydrogen) atoms. The van der Waals surface area contributed by atoms with E-state index in [1.807, 2.05) is 0 Å². The highest BCUT2D eigenvalue weighted by Gasteiger charge is 2.36. The molecule has 0 bridgehead atoms. The second kappa shape index (κ2) is 5.29. The number of nitrogens with zero attached hydrogens (tertiary/aromatic N) is 1. The fourth-order valence-electron chi connectivity index (χ4n) is 3.12. The van der Waals surface area contributed by atoms with Crippen molar-refractivity contribution in [2.45, 2.75) is 55.6 Å². The zero-order chi connectivity index (χ0) is 13.3. The molecule has 1 fully saturated rings. The zero-order valence-electron chi connectivity index (χ0n) is 11.3. The van der Waals surface area contributed by atoms with Crippen molar-refractivity contribution >= 4 is 11.8 Å². The minimum absolute atomic E-state index is 0.0330. The summed E-state index contributed by atoms with van der Waals surface area (Å²) in [5.41, 5.74) is 1.47. The third-order valence-electron chi connectivity index (χ3n) is 4.32. The van der Waals surface area contributed by atoms with Gasteiger partial charge in [0.2, 0.25) is 0 Å². The van der Waals surface area contributed by atoms with Gasteiger partial charge >= 0.3 is 0 Å². The largest absolute Gasteiger partial charge is 0.370 e. The van der Waals surface area contributed by atoms with E-state index >= 15 is 0 Å². The summed E-state index contributed by atoms with van der Waals surface area (Å²) in [5, 5.41) is 0. The van der Waals surface area contributed by atoms with Crippen LogP contribution in [-0.2, 0) is 21.8 Å². The van der Waals surface area contributed by atoms with E-state index in [0.29, 0.717) is 0 Å². The molecule has 3 rings (SSSR count). The van der Waals surface area contributed by atoms with Gasteiger partial charge in [-0.05, 0) is 12.8 Å². The third kappa shape index (κ3) is 2.34. The second-order valence-corrected chi connectivity index (χ2v) is 6.43. The average molecular weight is 280 g/mol. The van der Waals surface area contributed by atoms with Crippen LogP contribution in [0.4, 0.5) is 0 Å². The fraction of sp³-hybridized carbons (Fsp3) is 0.714. The van der Waals surface area contributed by atoms with E-state index in [1.165, 1.54) is 12.8 Å². The maximum Gasteiger partial charge on any atom is 0.255 e. The van der Waals surface area contributed by atoms with Crippen LogP contribution < -0.4 is 5.56 Å². The van der Waals surface area contributed by atoms with Crippen LogP contribution in [0, 0.1) is 0 Å². The summed E-state index contributed by atoms with van der Waals surface area (Å²) in [4.78, 5) is 19.9. The summed E-state index contributed by atoms with van der Waals surface area (Å²) in [7, 11) is 1.74. The summed E-state index contributed by atoms with van der Waals surface area (Å²) in [5.74, 6) is 2.40. The standard InChI is InChI=1S/C14H20N2O2S/c1-18-14(6-4-2-3-5-7-14)13-15-11-9-19-8-10(11)12(17)16-13/h2-9H2,1H3,(H,15,16,17). The SMILES string of the molecule is COC1(c2nc3c(c(=O)[nH]2)CSC3)CCCCCC1. The molecule has 0 spiro atoms. The number of nitrogens with one attached hydrogen (secondary N) is 1. The van der Waals surface area contributed by atoms with Gasteiger partial charge in [0.15, 0.2) is 0 Å². The number of ether oxygens (including phenoxy) is 1. The number of hydrogen-bond acceptors (Lipinski definition) is 4. The van der Waals surface area contributed by atoms with Gasteiger partial charge in [-0.2, -0.15) is 11.8 Å². The Balaban J connectivity index is 2.04. The molecule has 1 N–H and O–H groups in total. The van der Waals surface area contributed by atoms with E-state index in [0.717, 1.165) is 54.3 Å². The maximum atomic E-state index is 12.2. The molecule has 1 aliphatic heterocycles. The molecule has 1 aromatic rings. The monoisotopic (exact) mass is 280 g/mol. The van der Waals surface area contributed by atoms with Crippen molar-refractivity contribution in [3.05, 3.63) is 27.4 Å². The first kappa shape index (κ1) is 13.2. The van der Waals surface area contributed by atoms with Gasteiger partial charge in [0.25, 0.3) is 5.56 Å². The molecule has 0 aromatic carbocycles. The van der Waals surface area contributed by atoms with E-state index in [1.54, 1.807) is 18.9 Å². The summed E-state index contributed by atoms with van der Waals surface area (Å²) in [6.45, 7) is 0. The highest BCUT2D eigenvalue weighted by molar-refractivity contribution is 7.98. The van der Waals surface area contributed by atoms with Gasteiger partial charge in [-0.15, -0.1) is 0 Å². The Morgan fingerprint density at radius 3 is 2.63 bits per heavy atom.